The Balaban J connectivity index is 1.57. The van der Waals surface area contributed by atoms with Gasteiger partial charge in [-0.15, -0.1) is 0 Å². The number of aromatic nitrogens is 2. The van der Waals surface area contributed by atoms with Crippen LogP contribution in [0, 0.1) is 17.2 Å². The first kappa shape index (κ1) is 20.2. The Kier molecular flexibility index (Phi) is 4.87. The van der Waals surface area contributed by atoms with Crippen LogP contribution in [-0.4, -0.2) is 33.6 Å². The van der Waals surface area contributed by atoms with E-state index in [2.05, 4.69) is 16.5 Å². The van der Waals surface area contributed by atoms with Crippen LogP contribution in [0.5, 0.6) is 0 Å². The molecule has 0 bridgehead atoms. The molecule has 0 saturated heterocycles. The number of primary amides is 1. The van der Waals surface area contributed by atoms with Gasteiger partial charge < -0.3 is 16.2 Å². The predicted octanol–water partition coefficient (Wildman–Crippen LogP) is 2.00. The molecule has 5 N–H and O–H groups in total. The van der Waals surface area contributed by atoms with E-state index >= 15 is 0 Å². The minimum absolute atomic E-state index is 0.0914. The summed E-state index contributed by atoms with van der Waals surface area (Å²) in [5, 5.41) is 11.8. The van der Waals surface area contributed by atoms with Crippen LogP contribution in [-0.2, 0) is 4.74 Å². The van der Waals surface area contributed by atoms with Gasteiger partial charge >= 0.3 is 0 Å². The molecular formula is C23H25N7O2. The van der Waals surface area contributed by atoms with Crippen LogP contribution in [0.25, 0.3) is 5.69 Å². The van der Waals surface area contributed by atoms with Gasteiger partial charge in [0.15, 0.2) is 0 Å². The molecule has 1 aliphatic carbocycles. The van der Waals surface area contributed by atoms with E-state index in [1.807, 2.05) is 36.3 Å². The summed E-state index contributed by atoms with van der Waals surface area (Å²) in [6, 6.07) is 10.1. The second-order valence-corrected chi connectivity index (χ2v) is 8.47. The number of benzene rings is 1. The van der Waals surface area contributed by atoms with Crippen molar-refractivity contribution >= 4 is 5.91 Å². The smallest absolute Gasteiger partial charge is 0.285 e. The van der Waals surface area contributed by atoms with Crippen molar-refractivity contribution in [3.63, 3.8) is 0 Å². The van der Waals surface area contributed by atoms with Gasteiger partial charge in [-0.05, 0) is 36.5 Å². The minimum Gasteiger partial charge on any atom is -0.423 e. The lowest BCUT2D eigenvalue weighted by atomic mass is 9.77. The molecule has 1 aromatic carbocycles. The van der Waals surface area contributed by atoms with Crippen molar-refractivity contribution in [1.82, 2.24) is 20.0 Å². The second-order valence-electron chi connectivity index (χ2n) is 8.47. The first-order valence-corrected chi connectivity index (χ1v) is 10.7. The SMILES string of the molecule is CN1NC(C2CCCC2)C2=C1OC(N)=C(C#N)C2c1ccc(-n2ccnc2C(N)=O)cc1. The standard InChI is InChI=1S/C23H25N7O2/c1-29-23-18(19(28-29)14-4-2-3-5-14)17(16(12-24)21(26)32-23)13-6-8-15(9-7-13)30-11-10-27-22(30)20(25)31/h6-11,14,17,19,28H,2-5,26H2,1H3,(H2,25,31). The average molecular weight is 432 g/mol. The van der Waals surface area contributed by atoms with Gasteiger partial charge in [-0.2, -0.15) is 5.26 Å². The van der Waals surface area contributed by atoms with Crippen molar-refractivity contribution in [3.05, 3.63) is 71.0 Å². The molecule has 5 rings (SSSR count). The van der Waals surface area contributed by atoms with Gasteiger partial charge in [-0.3, -0.25) is 14.4 Å². The fraction of sp³-hybridized carbons (Fsp3) is 0.348. The second kappa shape index (κ2) is 7.73. The van der Waals surface area contributed by atoms with Crippen molar-refractivity contribution < 1.29 is 9.53 Å². The highest BCUT2D eigenvalue weighted by molar-refractivity contribution is 5.89. The lowest BCUT2D eigenvalue weighted by Crippen LogP contribution is -2.39. The van der Waals surface area contributed by atoms with Crippen molar-refractivity contribution in [1.29, 1.82) is 5.26 Å². The van der Waals surface area contributed by atoms with Gasteiger partial charge in [0.25, 0.3) is 5.91 Å². The van der Waals surface area contributed by atoms with Gasteiger partial charge in [0.1, 0.15) is 11.6 Å². The Labute approximate surface area is 185 Å². The van der Waals surface area contributed by atoms with Crippen molar-refractivity contribution in [2.75, 3.05) is 7.05 Å². The van der Waals surface area contributed by atoms with Crippen LogP contribution in [0.4, 0.5) is 0 Å². The van der Waals surface area contributed by atoms with Crippen LogP contribution in [0.15, 0.2) is 59.6 Å². The van der Waals surface area contributed by atoms with E-state index < -0.39 is 5.91 Å². The number of rotatable bonds is 4. The first-order valence-electron chi connectivity index (χ1n) is 10.7. The molecule has 32 heavy (non-hydrogen) atoms. The zero-order valence-electron chi connectivity index (χ0n) is 17.8. The normalized spacial score (nSPS) is 23.3. The molecule has 1 aromatic heterocycles. The maximum atomic E-state index is 11.7. The number of imidazole rings is 1. The molecule has 3 aliphatic rings. The van der Waals surface area contributed by atoms with Gasteiger partial charge in [0, 0.05) is 30.7 Å². The summed E-state index contributed by atoms with van der Waals surface area (Å²) in [4.78, 5) is 15.7. The van der Waals surface area contributed by atoms with Crippen molar-refractivity contribution in [2.24, 2.45) is 17.4 Å². The van der Waals surface area contributed by atoms with Crippen LogP contribution in [0.3, 0.4) is 0 Å². The summed E-state index contributed by atoms with van der Waals surface area (Å²) in [6.07, 6.45) is 7.94. The summed E-state index contributed by atoms with van der Waals surface area (Å²) < 4.78 is 7.55. The highest BCUT2D eigenvalue weighted by atomic mass is 16.5. The molecule has 1 amide bonds. The zero-order valence-corrected chi connectivity index (χ0v) is 17.8. The molecule has 1 fully saturated rings. The first-order chi connectivity index (χ1) is 15.5. The zero-order chi connectivity index (χ0) is 22.4. The average Bonchev–Trinajstić information content (AvgIpc) is 3.54. The predicted molar refractivity (Wildman–Crippen MR) is 116 cm³/mol. The Morgan fingerprint density at radius 3 is 2.66 bits per heavy atom. The molecule has 164 valence electrons. The summed E-state index contributed by atoms with van der Waals surface area (Å²) in [7, 11) is 1.92. The van der Waals surface area contributed by atoms with E-state index in [0.29, 0.717) is 17.4 Å². The molecular weight excluding hydrogens is 406 g/mol. The number of hydrogen-bond acceptors (Lipinski definition) is 7. The maximum Gasteiger partial charge on any atom is 0.285 e. The minimum atomic E-state index is -0.597. The highest BCUT2D eigenvalue weighted by Crippen LogP contribution is 2.47. The number of nitrogens with one attached hydrogen (secondary N) is 1. The lowest BCUT2D eigenvalue weighted by Gasteiger charge is -2.29. The third-order valence-electron chi connectivity index (χ3n) is 6.65. The highest BCUT2D eigenvalue weighted by Gasteiger charge is 2.45. The number of carbonyl (C=O) groups excluding carboxylic acids is 1. The Morgan fingerprint density at radius 1 is 1.28 bits per heavy atom. The summed E-state index contributed by atoms with van der Waals surface area (Å²) in [5.74, 6) is 0.557. The van der Waals surface area contributed by atoms with E-state index in [1.54, 1.807) is 10.8 Å². The number of carbonyl (C=O) groups is 1. The number of hydrazine groups is 1. The number of hydrogen-bond donors (Lipinski definition) is 3. The Bertz CT molecular complexity index is 1170. The van der Waals surface area contributed by atoms with Crippen LogP contribution >= 0.6 is 0 Å². The number of nitriles is 1. The quantitative estimate of drug-likeness (QED) is 0.674. The molecule has 0 spiro atoms. The molecule has 2 aromatic rings. The van der Waals surface area contributed by atoms with E-state index in [4.69, 9.17) is 16.2 Å². The van der Waals surface area contributed by atoms with E-state index in [1.165, 1.54) is 19.0 Å². The fourth-order valence-electron chi connectivity index (χ4n) is 5.19. The lowest BCUT2D eigenvalue weighted by molar-refractivity contribution is 0.0989. The summed E-state index contributed by atoms with van der Waals surface area (Å²) in [6.45, 7) is 0. The third kappa shape index (κ3) is 3.11. The van der Waals surface area contributed by atoms with E-state index in [-0.39, 0.29) is 23.7 Å². The summed E-state index contributed by atoms with van der Waals surface area (Å²) in [5.41, 5.74) is 18.3. The molecule has 9 heteroatoms. The van der Waals surface area contributed by atoms with Crippen molar-refractivity contribution in [3.8, 4) is 11.8 Å². The Morgan fingerprint density at radius 2 is 2.00 bits per heavy atom. The van der Waals surface area contributed by atoms with Gasteiger partial charge in [-0.1, -0.05) is 25.0 Å². The van der Waals surface area contributed by atoms with E-state index in [9.17, 15) is 10.1 Å². The molecule has 9 nitrogen and oxygen atoms in total. The third-order valence-corrected chi connectivity index (χ3v) is 6.65. The fourth-order valence-corrected chi connectivity index (χ4v) is 5.19. The summed E-state index contributed by atoms with van der Waals surface area (Å²) >= 11 is 0. The van der Waals surface area contributed by atoms with Gasteiger partial charge in [0.05, 0.1) is 12.0 Å². The largest absolute Gasteiger partial charge is 0.423 e. The Hall–Kier alpha value is -3.77. The number of amides is 1. The molecule has 2 atom stereocenters. The van der Waals surface area contributed by atoms with Gasteiger partial charge in [-0.25, -0.2) is 10.4 Å². The molecule has 3 heterocycles. The monoisotopic (exact) mass is 431 g/mol. The number of ether oxygens (including phenoxy) is 1. The number of nitrogens with zero attached hydrogens (tertiary/aromatic N) is 4. The molecule has 0 radical (unpaired) electrons. The van der Waals surface area contributed by atoms with Crippen molar-refractivity contribution in [2.45, 2.75) is 37.6 Å². The van der Waals surface area contributed by atoms with Crippen LogP contribution < -0.4 is 16.9 Å². The molecule has 2 aliphatic heterocycles. The number of allylic oxidation sites excluding steroid dienone is 1. The van der Waals surface area contributed by atoms with Gasteiger partial charge in [0.2, 0.25) is 17.6 Å². The molecule has 1 saturated carbocycles. The van der Waals surface area contributed by atoms with E-state index in [0.717, 1.165) is 29.7 Å². The maximum absolute atomic E-state index is 11.7. The molecule has 2 unspecified atom stereocenters. The van der Waals surface area contributed by atoms with Crippen LogP contribution in [0.2, 0.25) is 0 Å². The number of nitrogens with two attached hydrogens (primary N) is 2. The van der Waals surface area contributed by atoms with Crippen LogP contribution in [0.1, 0.15) is 47.8 Å². The topological polar surface area (TPSA) is 135 Å².